The highest BCUT2D eigenvalue weighted by Crippen LogP contribution is 2.35. The van der Waals surface area contributed by atoms with Gasteiger partial charge >= 0.3 is 6.18 Å². The van der Waals surface area contributed by atoms with Gasteiger partial charge in [0.25, 0.3) is 0 Å². The van der Waals surface area contributed by atoms with Crippen molar-refractivity contribution >= 4 is 10.9 Å². The summed E-state index contributed by atoms with van der Waals surface area (Å²) in [5.74, 6) is 0.308. The van der Waals surface area contributed by atoms with Crippen molar-refractivity contribution in [2.24, 2.45) is 0 Å². The van der Waals surface area contributed by atoms with E-state index in [-0.39, 0.29) is 0 Å². The summed E-state index contributed by atoms with van der Waals surface area (Å²) in [5, 5.41) is 0.693. The highest BCUT2D eigenvalue weighted by Gasteiger charge is 2.31. The van der Waals surface area contributed by atoms with Crippen molar-refractivity contribution in [2.75, 3.05) is 0 Å². The molecule has 0 atom stereocenters. The molecule has 4 heteroatoms. The van der Waals surface area contributed by atoms with E-state index in [9.17, 15) is 13.2 Å². The minimum Gasteiger partial charge on any atom is -0.361 e. The number of hydrogen-bond donors (Lipinski definition) is 1. The summed E-state index contributed by atoms with van der Waals surface area (Å²) in [4.78, 5) is 3.05. The van der Waals surface area contributed by atoms with Gasteiger partial charge in [-0.2, -0.15) is 13.2 Å². The molecule has 1 heterocycles. The average molecular weight is 255 g/mol. The molecule has 0 saturated heterocycles. The third kappa shape index (κ3) is 2.24. The monoisotopic (exact) mass is 255 g/mol. The number of aromatic nitrogens is 1. The predicted octanol–water partition coefficient (Wildman–Crippen LogP) is 5.09. The molecule has 0 aliphatic rings. The van der Waals surface area contributed by atoms with Crippen LogP contribution in [-0.2, 0) is 6.18 Å². The van der Waals surface area contributed by atoms with Crippen LogP contribution in [0.15, 0.2) is 24.4 Å². The third-order valence-corrected chi connectivity index (χ3v) is 3.47. The fourth-order valence-electron chi connectivity index (χ4n) is 2.38. The summed E-state index contributed by atoms with van der Waals surface area (Å²) in [6.45, 7) is 4.11. The predicted molar refractivity (Wildman–Crippen MR) is 66.6 cm³/mol. The van der Waals surface area contributed by atoms with E-state index >= 15 is 0 Å². The zero-order chi connectivity index (χ0) is 13.3. The van der Waals surface area contributed by atoms with Crippen LogP contribution in [0.4, 0.5) is 13.2 Å². The van der Waals surface area contributed by atoms with E-state index in [1.54, 1.807) is 0 Å². The first kappa shape index (κ1) is 13.0. The average Bonchev–Trinajstić information content (AvgIpc) is 2.73. The Morgan fingerprint density at radius 2 is 1.83 bits per heavy atom. The van der Waals surface area contributed by atoms with Gasteiger partial charge in [0.2, 0.25) is 0 Å². The summed E-state index contributed by atoms with van der Waals surface area (Å²) in [5.41, 5.74) is 1.17. The maximum atomic E-state index is 12.7. The van der Waals surface area contributed by atoms with Crippen LogP contribution in [0.2, 0.25) is 0 Å². The van der Waals surface area contributed by atoms with Gasteiger partial charge in [0.05, 0.1) is 5.56 Å². The molecule has 0 fully saturated rings. The molecule has 2 rings (SSSR count). The Kier molecular flexibility index (Phi) is 3.37. The largest absolute Gasteiger partial charge is 0.416 e. The van der Waals surface area contributed by atoms with E-state index in [2.05, 4.69) is 18.8 Å². The number of fused-ring (bicyclic) bond motifs is 1. The van der Waals surface area contributed by atoms with Gasteiger partial charge in [0.15, 0.2) is 0 Å². The van der Waals surface area contributed by atoms with E-state index in [0.29, 0.717) is 11.3 Å². The Morgan fingerprint density at radius 3 is 2.39 bits per heavy atom. The lowest BCUT2D eigenvalue weighted by Crippen LogP contribution is -2.04. The third-order valence-electron chi connectivity index (χ3n) is 3.47. The van der Waals surface area contributed by atoms with Crippen LogP contribution >= 0.6 is 0 Å². The highest BCUT2D eigenvalue weighted by atomic mass is 19.4. The van der Waals surface area contributed by atoms with Crippen LogP contribution in [0.3, 0.4) is 0 Å². The number of alkyl halides is 3. The zero-order valence-corrected chi connectivity index (χ0v) is 10.4. The molecular weight excluding hydrogens is 239 g/mol. The summed E-state index contributed by atoms with van der Waals surface area (Å²) >= 11 is 0. The van der Waals surface area contributed by atoms with Gasteiger partial charge in [-0.15, -0.1) is 0 Å². The molecule has 0 spiro atoms. The molecule has 0 aliphatic carbocycles. The number of hydrogen-bond acceptors (Lipinski definition) is 0. The van der Waals surface area contributed by atoms with Gasteiger partial charge in [-0.1, -0.05) is 13.8 Å². The van der Waals surface area contributed by atoms with Crippen LogP contribution < -0.4 is 0 Å². The summed E-state index contributed by atoms with van der Waals surface area (Å²) in [7, 11) is 0. The quantitative estimate of drug-likeness (QED) is 0.786. The highest BCUT2D eigenvalue weighted by molar-refractivity contribution is 5.84. The van der Waals surface area contributed by atoms with Crippen LogP contribution in [0.1, 0.15) is 43.7 Å². The first-order chi connectivity index (χ1) is 8.47. The smallest absolute Gasteiger partial charge is 0.361 e. The summed E-state index contributed by atoms with van der Waals surface area (Å²) in [6, 6.07) is 3.87. The van der Waals surface area contributed by atoms with Crippen molar-refractivity contribution < 1.29 is 13.2 Å². The molecule has 1 aromatic carbocycles. The maximum absolute atomic E-state index is 12.7. The normalized spacial score (nSPS) is 12.6. The molecule has 18 heavy (non-hydrogen) atoms. The molecule has 0 saturated carbocycles. The summed E-state index contributed by atoms with van der Waals surface area (Å²) in [6.07, 6.45) is -0.585. The van der Waals surface area contributed by atoms with Crippen LogP contribution in [-0.4, -0.2) is 4.98 Å². The van der Waals surface area contributed by atoms with Gasteiger partial charge in [-0.25, -0.2) is 0 Å². The van der Waals surface area contributed by atoms with Crippen molar-refractivity contribution in [3.05, 3.63) is 35.5 Å². The van der Waals surface area contributed by atoms with E-state index in [0.717, 1.165) is 30.0 Å². The Morgan fingerprint density at radius 1 is 1.17 bits per heavy atom. The molecule has 2 aromatic rings. The number of nitrogens with one attached hydrogen (secondary N) is 1. The number of aromatic amines is 1. The van der Waals surface area contributed by atoms with E-state index in [1.165, 1.54) is 12.1 Å². The van der Waals surface area contributed by atoms with Crippen molar-refractivity contribution in [2.45, 2.75) is 38.8 Å². The number of rotatable bonds is 3. The second-order valence-electron chi connectivity index (χ2n) is 4.52. The van der Waals surface area contributed by atoms with Crippen LogP contribution in [0.5, 0.6) is 0 Å². The lowest BCUT2D eigenvalue weighted by atomic mass is 9.93. The second kappa shape index (κ2) is 4.67. The minimum absolute atomic E-state index is 0.308. The minimum atomic E-state index is -4.28. The lowest BCUT2D eigenvalue weighted by molar-refractivity contribution is -0.137. The molecule has 98 valence electrons. The molecule has 0 aliphatic heterocycles. The molecule has 1 N–H and O–H groups in total. The fraction of sp³-hybridized carbons (Fsp3) is 0.429. The van der Waals surface area contributed by atoms with Crippen molar-refractivity contribution in [3.63, 3.8) is 0 Å². The Balaban J connectivity index is 2.56. The first-order valence-electron chi connectivity index (χ1n) is 6.15. The standard InChI is InChI=1S/C14H16F3N/c1-3-9(4-2)12-8-18-13-6-5-10(7-11(12)13)14(15,16)17/h5-9,18H,3-4H2,1-2H3. The van der Waals surface area contributed by atoms with Crippen LogP contribution in [0, 0.1) is 0 Å². The van der Waals surface area contributed by atoms with Gasteiger partial charge in [-0.3, -0.25) is 0 Å². The lowest BCUT2D eigenvalue weighted by Gasteiger charge is -2.12. The molecule has 1 nitrogen and oxygen atoms in total. The van der Waals surface area contributed by atoms with E-state index in [4.69, 9.17) is 0 Å². The van der Waals surface area contributed by atoms with Gasteiger partial charge < -0.3 is 4.98 Å². The summed E-state index contributed by atoms with van der Waals surface area (Å²) < 4.78 is 38.1. The first-order valence-corrected chi connectivity index (χ1v) is 6.15. The Bertz CT molecular complexity index is 535. The molecule has 1 aromatic heterocycles. The van der Waals surface area contributed by atoms with Crippen molar-refractivity contribution in [1.82, 2.24) is 4.98 Å². The molecule has 0 bridgehead atoms. The van der Waals surface area contributed by atoms with Gasteiger partial charge in [0.1, 0.15) is 0 Å². The van der Waals surface area contributed by atoms with Crippen molar-refractivity contribution in [1.29, 1.82) is 0 Å². The SMILES string of the molecule is CCC(CC)c1c[nH]c2ccc(C(F)(F)F)cc12. The van der Waals surface area contributed by atoms with Crippen LogP contribution in [0.25, 0.3) is 10.9 Å². The molecular formula is C14H16F3N. The Hall–Kier alpha value is -1.45. The maximum Gasteiger partial charge on any atom is 0.416 e. The second-order valence-corrected chi connectivity index (χ2v) is 4.52. The van der Waals surface area contributed by atoms with Gasteiger partial charge in [-0.05, 0) is 42.5 Å². The van der Waals surface area contributed by atoms with Crippen molar-refractivity contribution in [3.8, 4) is 0 Å². The van der Waals surface area contributed by atoms with Gasteiger partial charge in [0, 0.05) is 17.1 Å². The Labute approximate surface area is 104 Å². The fourth-order valence-corrected chi connectivity index (χ4v) is 2.38. The number of benzene rings is 1. The topological polar surface area (TPSA) is 15.8 Å². The molecule has 0 radical (unpaired) electrons. The number of H-pyrrole nitrogens is 1. The number of halogens is 3. The van der Waals surface area contributed by atoms with E-state index < -0.39 is 11.7 Å². The molecule has 0 amide bonds. The zero-order valence-electron chi connectivity index (χ0n) is 10.4. The molecule has 0 unspecified atom stereocenters. The van der Waals surface area contributed by atoms with E-state index in [1.807, 2.05) is 6.20 Å².